The van der Waals surface area contributed by atoms with E-state index in [0.29, 0.717) is 10.3 Å². The third-order valence-electron chi connectivity index (χ3n) is 3.15. The molecule has 0 unspecified atom stereocenters. The fraction of sp³-hybridized carbons (Fsp3) is 0. The maximum absolute atomic E-state index is 6.03. The minimum absolute atomic E-state index is 0.329. The fourth-order valence-corrected chi connectivity index (χ4v) is 2.59. The third kappa shape index (κ3) is 4.09. The van der Waals surface area contributed by atoms with Gasteiger partial charge in [0, 0.05) is 11.1 Å². The molecule has 1 aromatic heterocycles. The van der Waals surface area contributed by atoms with Crippen LogP contribution in [0.25, 0.3) is 0 Å². The number of hydrogen-bond acceptors (Lipinski definition) is 3. The molecule has 1 N–H and O–H groups in total. The van der Waals surface area contributed by atoms with Gasteiger partial charge in [0.05, 0.1) is 11.4 Å². The van der Waals surface area contributed by atoms with Gasteiger partial charge in [-0.25, -0.2) is 4.98 Å². The first kappa shape index (κ1) is 15.5. The van der Waals surface area contributed by atoms with Crippen molar-refractivity contribution in [3.8, 4) is 0 Å². The summed E-state index contributed by atoms with van der Waals surface area (Å²) in [6.07, 6.45) is 0. The number of rotatable bonds is 4. The second-order valence-corrected chi connectivity index (χ2v) is 5.58. The summed E-state index contributed by atoms with van der Waals surface area (Å²) >= 11 is 12.1. The number of aromatic nitrogens is 1. The van der Waals surface area contributed by atoms with Gasteiger partial charge in [-0.15, -0.1) is 0 Å². The van der Waals surface area contributed by atoms with Crippen LogP contribution in [0.4, 0.5) is 5.69 Å². The van der Waals surface area contributed by atoms with Crippen molar-refractivity contribution in [3.05, 3.63) is 94.2 Å². The van der Waals surface area contributed by atoms with Crippen molar-refractivity contribution in [1.82, 2.24) is 4.98 Å². The predicted octanol–water partition coefficient (Wildman–Crippen LogP) is 5.25. The number of pyridine rings is 1. The average molecular weight is 342 g/mol. The molecular formula is C18H13Cl2N3. The summed E-state index contributed by atoms with van der Waals surface area (Å²) in [5.74, 6) is 0. The molecule has 3 rings (SSSR count). The van der Waals surface area contributed by atoms with Gasteiger partial charge < -0.3 is 0 Å². The van der Waals surface area contributed by atoms with Crippen LogP contribution in [0, 0.1) is 0 Å². The Balaban J connectivity index is 2.03. The predicted molar refractivity (Wildman–Crippen MR) is 96.4 cm³/mol. The number of halogens is 2. The molecule has 0 radical (unpaired) electrons. The molecule has 5 heteroatoms. The Morgan fingerprint density at radius 3 is 1.96 bits per heavy atom. The first-order chi connectivity index (χ1) is 11.2. The number of hydrogen-bond donors (Lipinski definition) is 1. The second kappa shape index (κ2) is 7.27. The summed E-state index contributed by atoms with van der Waals surface area (Å²) in [6, 6.07) is 23.0. The molecule has 0 spiro atoms. The van der Waals surface area contributed by atoms with E-state index in [0.717, 1.165) is 22.5 Å². The lowest BCUT2D eigenvalue weighted by Crippen LogP contribution is -2.07. The zero-order valence-corrected chi connectivity index (χ0v) is 13.6. The molecule has 0 aliphatic carbocycles. The van der Waals surface area contributed by atoms with Gasteiger partial charge in [-0.3, -0.25) is 5.43 Å². The van der Waals surface area contributed by atoms with Gasteiger partial charge >= 0.3 is 0 Å². The van der Waals surface area contributed by atoms with Crippen molar-refractivity contribution in [2.24, 2.45) is 5.10 Å². The second-order valence-electron chi connectivity index (χ2n) is 4.81. The van der Waals surface area contributed by atoms with E-state index < -0.39 is 0 Å². The van der Waals surface area contributed by atoms with E-state index in [4.69, 9.17) is 23.2 Å². The van der Waals surface area contributed by atoms with Crippen molar-refractivity contribution in [3.63, 3.8) is 0 Å². The molecule has 114 valence electrons. The summed E-state index contributed by atoms with van der Waals surface area (Å²) in [4.78, 5) is 3.98. The highest BCUT2D eigenvalue weighted by Crippen LogP contribution is 2.19. The summed E-state index contributed by atoms with van der Waals surface area (Å²) in [5, 5.41) is 5.20. The zero-order valence-electron chi connectivity index (χ0n) is 12.1. The van der Waals surface area contributed by atoms with Crippen molar-refractivity contribution in [2.45, 2.75) is 0 Å². The summed E-state index contributed by atoms with van der Waals surface area (Å²) < 4.78 is 0. The minimum Gasteiger partial charge on any atom is -0.278 e. The first-order valence-corrected chi connectivity index (χ1v) is 7.75. The molecule has 0 saturated carbocycles. The highest BCUT2D eigenvalue weighted by atomic mass is 35.5. The van der Waals surface area contributed by atoms with E-state index >= 15 is 0 Å². The van der Waals surface area contributed by atoms with E-state index in [1.165, 1.54) is 0 Å². The Kier molecular flexibility index (Phi) is 4.91. The van der Waals surface area contributed by atoms with Crippen LogP contribution in [0.1, 0.15) is 11.1 Å². The Morgan fingerprint density at radius 2 is 1.35 bits per heavy atom. The van der Waals surface area contributed by atoms with Crippen molar-refractivity contribution in [2.75, 3.05) is 5.43 Å². The summed E-state index contributed by atoms with van der Waals surface area (Å²) in [5.41, 5.74) is 6.44. The molecule has 0 bridgehead atoms. The molecule has 3 nitrogen and oxygen atoms in total. The Hall–Kier alpha value is -2.36. The molecular weight excluding hydrogens is 329 g/mol. The Morgan fingerprint density at radius 1 is 0.783 bits per heavy atom. The zero-order chi connectivity index (χ0) is 16.1. The molecule has 0 amide bonds. The molecule has 23 heavy (non-hydrogen) atoms. The molecule has 0 aliphatic heterocycles. The number of nitrogens with one attached hydrogen (secondary N) is 1. The molecule has 3 aromatic rings. The lowest BCUT2D eigenvalue weighted by atomic mass is 10.0. The van der Waals surface area contributed by atoms with Gasteiger partial charge in [-0.05, 0) is 24.3 Å². The van der Waals surface area contributed by atoms with Crippen LogP contribution in [0.5, 0.6) is 0 Å². The molecule has 0 aliphatic rings. The SMILES string of the molecule is Clc1cc(/C(=N\Nc2ccccc2)c2ccccc2)cc(Cl)n1. The average Bonchev–Trinajstić information content (AvgIpc) is 2.56. The Bertz CT molecular complexity index is 798. The lowest BCUT2D eigenvalue weighted by Gasteiger charge is -2.09. The van der Waals surface area contributed by atoms with Crippen molar-refractivity contribution in [1.29, 1.82) is 0 Å². The third-order valence-corrected chi connectivity index (χ3v) is 3.54. The van der Waals surface area contributed by atoms with Gasteiger partial charge in [-0.1, -0.05) is 71.7 Å². The van der Waals surface area contributed by atoms with E-state index in [9.17, 15) is 0 Å². The molecule has 0 saturated heterocycles. The number of nitrogens with zero attached hydrogens (tertiary/aromatic N) is 2. The molecule has 0 atom stereocenters. The van der Waals surface area contributed by atoms with Crippen LogP contribution >= 0.6 is 23.2 Å². The van der Waals surface area contributed by atoms with Crippen molar-refractivity contribution >= 4 is 34.6 Å². The molecule has 0 fully saturated rings. The van der Waals surface area contributed by atoms with Crippen molar-refractivity contribution < 1.29 is 0 Å². The number of anilines is 1. The number of hydrazone groups is 1. The van der Waals surface area contributed by atoms with Gasteiger partial charge in [0.15, 0.2) is 0 Å². The lowest BCUT2D eigenvalue weighted by molar-refractivity contribution is 1.29. The van der Waals surface area contributed by atoms with E-state index in [1.54, 1.807) is 12.1 Å². The van der Waals surface area contributed by atoms with Gasteiger partial charge in [-0.2, -0.15) is 5.10 Å². The van der Waals surface area contributed by atoms with Crippen LogP contribution in [0.3, 0.4) is 0 Å². The maximum atomic E-state index is 6.03. The highest BCUT2D eigenvalue weighted by molar-refractivity contribution is 6.33. The molecule has 2 aromatic carbocycles. The highest BCUT2D eigenvalue weighted by Gasteiger charge is 2.10. The topological polar surface area (TPSA) is 37.3 Å². The smallest absolute Gasteiger partial charge is 0.131 e. The van der Waals surface area contributed by atoms with Gasteiger partial charge in [0.1, 0.15) is 10.3 Å². The fourth-order valence-electron chi connectivity index (χ4n) is 2.13. The largest absolute Gasteiger partial charge is 0.278 e. The minimum atomic E-state index is 0.329. The van der Waals surface area contributed by atoms with E-state index in [-0.39, 0.29) is 0 Å². The van der Waals surface area contributed by atoms with E-state index in [2.05, 4.69) is 15.5 Å². The van der Waals surface area contributed by atoms with E-state index in [1.807, 2.05) is 60.7 Å². The summed E-state index contributed by atoms with van der Waals surface area (Å²) in [6.45, 7) is 0. The van der Waals surface area contributed by atoms with Crippen LogP contribution in [0.15, 0.2) is 77.9 Å². The molecule has 1 heterocycles. The quantitative estimate of drug-likeness (QED) is 0.399. The first-order valence-electron chi connectivity index (χ1n) is 7.00. The standard InChI is InChI=1S/C18H13Cl2N3/c19-16-11-14(12-17(20)21-16)18(13-7-3-1-4-8-13)23-22-15-9-5-2-6-10-15/h1-12,22H/b23-18-. The normalized spacial score (nSPS) is 11.3. The number of benzene rings is 2. The Labute approximate surface area is 144 Å². The monoisotopic (exact) mass is 341 g/mol. The van der Waals surface area contributed by atoms with Crippen LogP contribution < -0.4 is 5.43 Å². The van der Waals surface area contributed by atoms with Crippen LogP contribution in [-0.4, -0.2) is 10.7 Å². The number of para-hydroxylation sites is 1. The van der Waals surface area contributed by atoms with Crippen LogP contribution in [-0.2, 0) is 0 Å². The maximum Gasteiger partial charge on any atom is 0.131 e. The van der Waals surface area contributed by atoms with Gasteiger partial charge in [0.25, 0.3) is 0 Å². The van der Waals surface area contributed by atoms with Gasteiger partial charge in [0.2, 0.25) is 0 Å². The summed E-state index contributed by atoms with van der Waals surface area (Å²) in [7, 11) is 0. The van der Waals surface area contributed by atoms with Crippen LogP contribution in [0.2, 0.25) is 10.3 Å².